The van der Waals surface area contributed by atoms with Crippen LogP contribution in [0, 0.1) is 11.8 Å². The second-order valence-electron chi connectivity index (χ2n) is 6.83. The summed E-state index contributed by atoms with van der Waals surface area (Å²) in [6.07, 6.45) is -4.54. The van der Waals surface area contributed by atoms with Crippen LogP contribution < -0.4 is 0 Å². The molecule has 0 saturated carbocycles. The Balaban J connectivity index is 1.80. The summed E-state index contributed by atoms with van der Waals surface area (Å²) in [6, 6.07) is 12.2. The molecule has 2 aromatic carbocycles. The van der Waals surface area contributed by atoms with Crippen molar-refractivity contribution in [2.24, 2.45) is 0 Å². The van der Waals surface area contributed by atoms with Crippen LogP contribution in [0.2, 0.25) is 6.82 Å². The Morgan fingerprint density at radius 2 is 1.72 bits per heavy atom. The Hall–Kier alpha value is -2.76. The first-order chi connectivity index (χ1) is 13.8. The van der Waals surface area contributed by atoms with E-state index in [9.17, 15) is 23.0 Å². The van der Waals surface area contributed by atoms with Crippen LogP contribution in [0.4, 0.5) is 13.2 Å². The lowest BCUT2D eigenvalue weighted by Gasteiger charge is -2.34. The molecule has 1 aliphatic rings. The lowest BCUT2D eigenvalue weighted by atomic mass is 9.84. The highest BCUT2D eigenvalue weighted by Gasteiger charge is 2.34. The van der Waals surface area contributed by atoms with Crippen molar-refractivity contribution >= 4 is 13.0 Å². The molecular weight excluding hydrogens is 380 g/mol. The highest BCUT2D eigenvalue weighted by Crippen LogP contribution is 2.37. The van der Waals surface area contributed by atoms with E-state index >= 15 is 0 Å². The van der Waals surface area contributed by atoms with Gasteiger partial charge >= 0.3 is 13.2 Å². The van der Waals surface area contributed by atoms with Gasteiger partial charge in [-0.05, 0) is 30.1 Å². The topological polar surface area (TPSA) is 43.8 Å². The van der Waals surface area contributed by atoms with Crippen molar-refractivity contribution in [3.63, 3.8) is 0 Å². The van der Waals surface area contributed by atoms with E-state index in [1.165, 1.54) is 17.0 Å². The normalized spacial score (nSPS) is 14.9. The Morgan fingerprint density at radius 3 is 2.31 bits per heavy atom. The number of halogens is 3. The highest BCUT2D eigenvalue weighted by atomic mass is 19.4. The maximum absolute atomic E-state index is 13.6. The first-order valence-corrected chi connectivity index (χ1v) is 9.25. The maximum atomic E-state index is 13.6. The summed E-state index contributed by atoms with van der Waals surface area (Å²) in [6.45, 7) is 3.54. The zero-order valence-electron chi connectivity index (χ0n) is 15.9. The predicted octanol–water partition coefficient (Wildman–Crippen LogP) is 2.98. The summed E-state index contributed by atoms with van der Waals surface area (Å²) in [4.78, 5) is 15.6. The maximum Gasteiger partial charge on any atom is 0.417 e. The average molecular weight is 400 g/mol. The molecule has 8 heteroatoms. The van der Waals surface area contributed by atoms with Gasteiger partial charge in [-0.25, -0.2) is 0 Å². The van der Waals surface area contributed by atoms with E-state index in [1.54, 1.807) is 37.2 Å². The number of rotatable bonds is 2. The number of carbonyl (C=O) groups excluding carboxylic acids is 1. The van der Waals surface area contributed by atoms with Crippen LogP contribution in [0.1, 0.15) is 11.1 Å². The molecule has 0 bridgehead atoms. The molecule has 2 aromatic rings. The average Bonchev–Trinajstić information content (AvgIpc) is 2.72. The standard InChI is InChI=1S/C21H20BF3N2O2/c1-22(29)27-13-11-26(12-14-27)20(28)10-8-16-7-9-18(17-5-3-2-4-6-17)19(15-16)21(23,24)25/h2-7,9,15,29H,11-14H2,1H3. The van der Waals surface area contributed by atoms with Gasteiger partial charge in [0.2, 0.25) is 0 Å². The van der Waals surface area contributed by atoms with E-state index in [0.29, 0.717) is 31.7 Å². The molecule has 1 amide bonds. The molecule has 1 N–H and O–H groups in total. The highest BCUT2D eigenvalue weighted by molar-refractivity contribution is 6.45. The number of hydrogen-bond acceptors (Lipinski definition) is 3. The van der Waals surface area contributed by atoms with Crippen molar-refractivity contribution in [2.75, 3.05) is 26.2 Å². The smallest absolute Gasteiger partial charge is 0.417 e. The largest absolute Gasteiger partial charge is 0.437 e. The minimum atomic E-state index is -4.54. The number of alkyl halides is 3. The van der Waals surface area contributed by atoms with Gasteiger partial charge in [-0.2, -0.15) is 13.2 Å². The number of nitrogens with zero attached hydrogens (tertiary/aromatic N) is 2. The van der Waals surface area contributed by atoms with Gasteiger partial charge in [-0.15, -0.1) is 0 Å². The van der Waals surface area contributed by atoms with Gasteiger partial charge in [0, 0.05) is 37.7 Å². The molecule has 1 saturated heterocycles. The third-order valence-electron chi connectivity index (χ3n) is 4.85. The van der Waals surface area contributed by atoms with Crippen molar-refractivity contribution in [1.82, 2.24) is 9.71 Å². The Kier molecular flexibility index (Phi) is 6.31. The first-order valence-electron chi connectivity index (χ1n) is 9.25. The molecule has 0 unspecified atom stereocenters. The van der Waals surface area contributed by atoms with Crippen LogP contribution in [-0.4, -0.2) is 53.9 Å². The minimum absolute atomic E-state index is 0.0734. The van der Waals surface area contributed by atoms with E-state index in [0.717, 1.165) is 6.07 Å². The van der Waals surface area contributed by atoms with Crippen molar-refractivity contribution in [1.29, 1.82) is 0 Å². The van der Waals surface area contributed by atoms with Crippen molar-refractivity contribution in [3.8, 4) is 23.0 Å². The van der Waals surface area contributed by atoms with Crippen LogP contribution in [0.15, 0.2) is 48.5 Å². The van der Waals surface area contributed by atoms with Crippen LogP contribution in [0.3, 0.4) is 0 Å². The quantitative estimate of drug-likeness (QED) is 0.623. The van der Waals surface area contributed by atoms with Gasteiger partial charge in [-0.1, -0.05) is 42.3 Å². The van der Waals surface area contributed by atoms with E-state index in [2.05, 4.69) is 11.8 Å². The van der Waals surface area contributed by atoms with E-state index in [1.807, 2.05) is 4.81 Å². The molecule has 4 nitrogen and oxygen atoms in total. The summed E-state index contributed by atoms with van der Waals surface area (Å²) in [5.74, 6) is 4.57. The Morgan fingerprint density at radius 1 is 1.07 bits per heavy atom. The van der Waals surface area contributed by atoms with Gasteiger partial charge in [0.15, 0.2) is 0 Å². The molecule has 0 spiro atoms. The minimum Gasteiger partial charge on any atom is -0.437 e. The number of benzene rings is 2. The number of hydrogen-bond donors (Lipinski definition) is 1. The Labute approximate surface area is 168 Å². The molecule has 3 rings (SSSR count). The summed E-state index contributed by atoms with van der Waals surface area (Å²) in [5.41, 5.74) is -0.114. The van der Waals surface area contributed by atoms with Gasteiger partial charge < -0.3 is 14.7 Å². The summed E-state index contributed by atoms with van der Waals surface area (Å²) < 4.78 is 40.7. The number of piperazine rings is 1. The van der Waals surface area contributed by atoms with Crippen LogP contribution >= 0.6 is 0 Å². The van der Waals surface area contributed by atoms with E-state index < -0.39 is 24.7 Å². The van der Waals surface area contributed by atoms with Crippen LogP contribution in [0.5, 0.6) is 0 Å². The van der Waals surface area contributed by atoms with E-state index in [-0.39, 0.29) is 11.1 Å². The van der Waals surface area contributed by atoms with Crippen LogP contribution in [0.25, 0.3) is 11.1 Å². The molecule has 1 fully saturated rings. The molecule has 0 aliphatic carbocycles. The van der Waals surface area contributed by atoms with Gasteiger partial charge in [0.05, 0.1) is 5.56 Å². The van der Waals surface area contributed by atoms with Crippen molar-refractivity contribution in [3.05, 3.63) is 59.7 Å². The molecule has 150 valence electrons. The lowest BCUT2D eigenvalue weighted by molar-refractivity contribution is -0.137. The number of carbonyl (C=O) groups is 1. The molecule has 1 aliphatic heterocycles. The molecule has 0 atom stereocenters. The van der Waals surface area contributed by atoms with Gasteiger partial charge in [0.1, 0.15) is 0 Å². The molecule has 0 aromatic heterocycles. The molecule has 29 heavy (non-hydrogen) atoms. The van der Waals surface area contributed by atoms with Crippen molar-refractivity contribution < 1.29 is 23.0 Å². The van der Waals surface area contributed by atoms with Crippen molar-refractivity contribution in [2.45, 2.75) is 13.0 Å². The monoisotopic (exact) mass is 400 g/mol. The third-order valence-corrected chi connectivity index (χ3v) is 4.85. The van der Waals surface area contributed by atoms with Crippen LogP contribution in [-0.2, 0) is 11.0 Å². The first kappa shape index (κ1) is 21.0. The number of amides is 1. The summed E-state index contributed by atoms with van der Waals surface area (Å²) >= 11 is 0. The fraction of sp³-hybridized carbons (Fsp3) is 0.286. The van der Waals surface area contributed by atoms with Gasteiger partial charge in [-0.3, -0.25) is 4.79 Å². The molecule has 1 heterocycles. The SMILES string of the molecule is CB(O)N1CCN(C(=O)C#Cc2ccc(-c3ccccc3)c(C(F)(F)F)c2)CC1. The lowest BCUT2D eigenvalue weighted by Crippen LogP contribution is -2.52. The molecular formula is C21H20BF3N2O2. The second kappa shape index (κ2) is 8.72. The fourth-order valence-electron chi connectivity index (χ4n) is 3.23. The zero-order chi connectivity index (χ0) is 21.0. The predicted molar refractivity (Wildman–Crippen MR) is 106 cm³/mol. The second-order valence-corrected chi connectivity index (χ2v) is 6.83. The Bertz CT molecular complexity index is 928. The van der Waals surface area contributed by atoms with E-state index in [4.69, 9.17) is 0 Å². The molecule has 0 radical (unpaired) electrons. The zero-order valence-corrected chi connectivity index (χ0v) is 15.9. The fourth-order valence-corrected chi connectivity index (χ4v) is 3.23. The third kappa shape index (κ3) is 5.19. The summed E-state index contributed by atoms with van der Waals surface area (Å²) in [5, 5.41) is 9.55. The summed E-state index contributed by atoms with van der Waals surface area (Å²) in [7, 11) is -0.581. The van der Waals surface area contributed by atoms with Gasteiger partial charge in [0.25, 0.3) is 5.91 Å².